The number of imide groups is 1. The number of ether oxygens (including phenoxy) is 2. The van der Waals surface area contributed by atoms with Crippen LogP contribution in [0.1, 0.15) is 23.6 Å². The molecule has 1 aliphatic rings. The van der Waals surface area contributed by atoms with Crippen molar-refractivity contribution in [1.29, 1.82) is 0 Å². The van der Waals surface area contributed by atoms with E-state index in [4.69, 9.17) is 21.1 Å². The number of halogens is 2. The molecule has 10 heteroatoms. The van der Waals surface area contributed by atoms with Gasteiger partial charge in [0.25, 0.3) is 5.91 Å². The van der Waals surface area contributed by atoms with Crippen LogP contribution in [0.25, 0.3) is 6.08 Å². The van der Waals surface area contributed by atoms with Crippen LogP contribution in [0.5, 0.6) is 11.5 Å². The molecule has 1 heterocycles. The van der Waals surface area contributed by atoms with Gasteiger partial charge in [-0.1, -0.05) is 54.9 Å². The first-order valence-electron chi connectivity index (χ1n) is 11.8. The molecule has 3 aromatic carbocycles. The Bertz CT molecular complexity index is 1430. The predicted octanol–water partition coefficient (Wildman–Crippen LogP) is 5.16. The number of amides is 4. The zero-order valence-electron chi connectivity index (χ0n) is 20.7. The Morgan fingerprint density at radius 1 is 1.11 bits per heavy atom. The van der Waals surface area contributed by atoms with Crippen molar-refractivity contribution in [1.82, 2.24) is 10.2 Å². The molecule has 1 saturated heterocycles. The second-order valence-electron chi connectivity index (χ2n) is 8.35. The molecule has 0 spiro atoms. The Labute approximate surface area is 224 Å². The lowest BCUT2D eigenvalue weighted by molar-refractivity contribution is -0.127. The smallest absolute Gasteiger partial charge is 0.329 e. The van der Waals surface area contributed by atoms with Gasteiger partial charge in [0.15, 0.2) is 11.5 Å². The highest BCUT2D eigenvalue weighted by Gasteiger charge is 2.35. The zero-order chi connectivity index (χ0) is 27.2. The quantitative estimate of drug-likeness (QED) is 0.290. The Morgan fingerprint density at radius 2 is 1.82 bits per heavy atom. The van der Waals surface area contributed by atoms with Gasteiger partial charge in [-0.3, -0.25) is 9.59 Å². The number of urea groups is 1. The first-order valence-corrected chi connectivity index (χ1v) is 12.1. The number of nitrogens with one attached hydrogen (secondary N) is 2. The van der Waals surface area contributed by atoms with Crippen molar-refractivity contribution in [3.05, 3.63) is 93.9 Å². The third-order valence-corrected chi connectivity index (χ3v) is 6.11. The molecule has 0 unspecified atom stereocenters. The van der Waals surface area contributed by atoms with E-state index in [1.807, 2.05) is 19.1 Å². The molecule has 3 aromatic rings. The second-order valence-corrected chi connectivity index (χ2v) is 8.76. The lowest BCUT2D eigenvalue weighted by Crippen LogP contribution is -2.38. The highest BCUT2D eigenvalue weighted by Crippen LogP contribution is 2.37. The third kappa shape index (κ3) is 5.95. The highest BCUT2D eigenvalue weighted by atomic mass is 35.5. The number of aryl methyl sites for hydroxylation is 1. The maximum Gasteiger partial charge on any atom is 0.329 e. The van der Waals surface area contributed by atoms with Gasteiger partial charge in [-0.05, 0) is 47.9 Å². The van der Waals surface area contributed by atoms with Crippen LogP contribution in [0.2, 0.25) is 5.02 Å². The molecular formula is C28H25ClFN3O5. The number of carbonyl (C=O) groups excluding carboxylic acids is 3. The van der Waals surface area contributed by atoms with E-state index >= 15 is 0 Å². The van der Waals surface area contributed by atoms with Gasteiger partial charge in [-0.2, -0.15) is 0 Å². The molecule has 2 N–H and O–H groups in total. The molecule has 0 bridgehead atoms. The normalized spacial score (nSPS) is 14.0. The van der Waals surface area contributed by atoms with E-state index in [1.165, 1.54) is 25.3 Å². The summed E-state index contributed by atoms with van der Waals surface area (Å²) in [5.41, 5.74) is 2.32. The molecule has 1 aliphatic heterocycles. The van der Waals surface area contributed by atoms with Crippen molar-refractivity contribution in [2.24, 2.45) is 0 Å². The van der Waals surface area contributed by atoms with Gasteiger partial charge < -0.3 is 20.1 Å². The van der Waals surface area contributed by atoms with Crippen molar-refractivity contribution in [3.8, 4) is 11.5 Å². The fourth-order valence-corrected chi connectivity index (χ4v) is 4.17. The van der Waals surface area contributed by atoms with Crippen LogP contribution >= 0.6 is 11.6 Å². The van der Waals surface area contributed by atoms with Crippen molar-refractivity contribution in [2.45, 2.75) is 20.0 Å². The molecule has 0 radical (unpaired) electrons. The van der Waals surface area contributed by atoms with Gasteiger partial charge in [0.2, 0.25) is 5.91 Å². The summed E-state index contributed by atoms with van der Waals surface area (Å²) in [7, 11) is 1.41. The first-order chi connectivity index (χ1) is 18.3. The summed E-state index contributed by atoms with van der Waals surface area (Å²) in [6.45, 7) is 1.44. The van der Waals surface area contributed by atoms with Crippen LogP contribution in [-0.2, 0) is 22.6 Å². The topological polar surface area (TPSA) is 97.0 Å². The summed E-state index contributed by atoms with van der Waals surface area (Å²) in [5, 5.41) is 5.39. The molecule has 196 valence electrons. The summed E-state index contributed by atoms with van der Waals surface area (Å²) < 4.78 is 25.0. The van der Waals surface area contributed by atoms with E-state index < -0.39 is 30.2 Å². The van der Waals surface area contributed by atoms with Crippen molar-refractivity contribution < 1.29 is 28.2 Å². The monoisotopic (exact) mass is 537 g/mol. The lowest BCUT2D eigenvalue weighted by atomic mass is 10.1. The average molecular weight is 538 g/mol. The molecule has 1 fully saturated rings. The van der Waals surface area contributed by atoms with Crippen LogP contribution in [0, 0.1) is 5.82 Å². The number of benzene rings is 3. The number of methoxy groups -OCH3 is 1. The average Bonchev–Trinajstić information content (AvgIpc) is 3.16. The summed E-state index contributed by atoms with van der Waals surface area (Å²) in [4.78, 5) is 38.7. The van der Waals surface area contributed by atoms with Crippen LogP contribution in [0.3, 0.4) is 0 Å². The highest BCUT2D eigenvalue weighted by molar-refractivity contribution is 6.32. The van der Waals surface area contributed by atoms with Crippen LogP contribution < -0.4 is 20.1 Å². The maximum absolute atomic E-state index is 13.9. The van der Waals surface area contributed by atoms with Crippen LogP contribution in [-0.4, -0.2) is 36.4 Å². The standard InChI is InChI=1S/C28H25ClFN3O5/c1-3-18-8-5-7-11-22(18)31-25(34)15-33-27(35)23(32-28(33)36)13-17-12-20(29)26(24(14-17)37-2)38-16-19-9-4-6-10-21(19)30/h4-14H,3,15-16H2,1-2H3,(H,31,34)(H,32,36)/b23-13+. The molecular weight excluding hydrogens is 513 g/mol. The molecule has 0 aromatic heterocycles. The van der Waals surface area contributed by atoms with Gasteiger partial charge in [0.05, 0.1) is 12.1 Å². The molecule has 8 nitrogen and oxygen atoms in total. The lowest BCUT2D eigenvalue weighted by Gasteiger charge is -2.14. The van der Waals surface area contributed by atoms with Crippen molar-refractivity contribution in [3.63, 3.8) is 0 Å². The van der Waals surface area contributed by atoms with E-state index in [0.29, 0.717) is 23.2 Å². The maximum atomic E-state index is 13.9. The molecule has 0 atom stereocenters. The van der Waals surface area contributed by atoms with Gasteiger partial charge in [-0.25, -0.2) is 14.1 Å². The molecule has 4 amide bonds. The van der Waals surface area contributed by atoms with E-state index in [2.05, 4.69) is 10.6 Å². The first kappa shape index (κ1) is 26.7. The number of anilines is 1. The number of hydrogen-bond acceptors (Lipinski definition) is 5. The van der Waals surface area contributed by atoms with E-state index in [-0.39, 0.29) is 28.8 Å². The van der Waals surface area contributed by atoms with Gasteiger partial charge in [-0.15, -0.1) is 0 Å². The van der Waals surface area contributed by atoms with Gasteiger partial charge >= 0.3 is 6.03 Å². The summed E-state index contributed by atoms with van der Waals surface area (Å²) in [6, 6.07) is 15.9. The molecule has 4 rings (SSSR count). The number of hydrogen-bond donors (Lipinski definition) is 2. The Morgan fingerprint density at radius 3 is 2.53 bits per heavy atom. The van der Waals surface area contributed by atoms with Crippen LogP contribution in [0.4, 0.5) is 14.9 Å². The van der Waals surface area contributed by atoms with E-state index in [0.717, 1.165) is 10.5 Å². The predicted molar refractivity (Wildman–Crippen MR) is 141 cm³/mol. The Balaban J connectivity index is 1.48. The molecule has 0 saturated carbocycles. The van der Waals surface area contributed by atoms with Crippen molar-refractivity contribution in [2.75, 3.05) is 19.0 Å². The summed E-state index contributed by atoms with van der Waals surface area (Å²) in [6.07, 6.45) is 2.13. The number of nitrogens with zero attached hydrogens (tertiary/aromatic N) is 1. The Kier molecular flexibility index (Phi) is 8.28. The van der Waals surface area contributed by atoms with E-state index in [9.17, 15) is 18.8 Å². The minimum Gasteiger partial charge on any atom is -0.493 e. The summed E-state index contributed by atoms with van der Waals surface area (Å²) >= 11 is 6.41. The summed E-state index contributed by atoms with van der Waals surface area (Å²) in [5.74, 6) is -1.12. The minimum atomic E-state index is -0.719. The second kappa shape index (κ2) is 11.8. The largest absolute Gasteiger partial charge is 0.493 e. The van der Waals surface area contributed by atoms with Gasteiger partial charge in [0.1, 0.15) is 24.7 Å². The number of carbonyl (C=O) groups is 3. The van der Waals surface area contributed by atoms with E-state index in [1.54, 1.807) is 36.4 Å². The number of para-hydroxylation sites is 1. The van der Waals surface area contributed by atoms with Crippen LogP contribution in [0.15, 0.2) is 66.4 Å². The minimum absolute atomic E-state index is 0.0325. The fourth-order valence-electron chi connectivity index (χ4n) is 3.89. The third-order valence-electron chi connectivity index (χ3n) is 5.83. The fraction of sp³-hybridized carbons (Fsp3) is 0.179. The van der Waals surface area contributed by atoms with Gasteiger partial charge in [0, 0.05) is 11.3 Å². The zero-order valence-corrected chi connectivity index (χ0v) is 21.5. The Hall–Kier alpha value is -4.37. The number of rotatable bonds is 9. The SMILES string of the molecule is CCc1ccccc1NC(=O)CN1C(=O)N/C(=C/c2cc(Cl)c(OCc3ccccc3F)c(OC)c2)C1=O. The molecule has 0 aliphatic carbocycles. The van der Waals surface area contributed by atoms with Crippen molar-refractivity contribution >= 4 is 41.2 Å². The molecule has 38 heavy (non-hydrogen) atoms.